The second-order valence-corrected chi connectivity index (χ2v) is 7.04. The van der Waals surface area contributed by atoms with E-state index in [2.05, 4.69) is 4.31 Å². The van der Waals surface area contributed by atoms with Crippen molar-refractivity contribution in [2.75, 3.05) is 0 Å². The smallest absolute Gasteiger partial charge is 0.326 e. The molecular formula is C10H14O5P2. The van der Waals surface area contributed by atoms with Crippen LogP contribution in [0.25, 0.3) is 0 Å². The van der Waals surface area contributed by atoms with E-state index in [1.807, 2.05) is 12.1 Å². The van der Waals surface area contributed by atoms with Crippen LogP contribution in [0.1, 0.15) is 29.6 Å². The fourth-order valence-corrected chi connectivity index (χ4v) is 4.76. The van der Waals surface area contributed by atoms with Crippen LogP contribution in [-0.4, -0.2) is 9.79 Å². The molecule has 94 valence electrons. The van der Waals surface area contributed by atoms with Gasteiger partial charge in [0.25, 0.3) is 0 Å². The van der Waals surface area contributed by atoms with Crippen LogP contribution < -0.4 is 0 Å². The molecule has 0 spiro atoms. The Hall–Kier alpha value is -0.440. The Morgan fingerprint density at radius 2 is 2.12 bits per heavy atom. The molecule has 17 heavy (non-hydrogen) atoms. The predicted molar refractivity (Wildman–Crippen MR) is 64.3 cm³/mol. The maximum Gasteiger partial charge on any atom is 0.342 e. The second kappa shape index (κ2) is 5.05. The molecule has 0 amide bonds. The van der Waals surface area contributed by atoms with Crippen molar-refractivity contribution < 1.29 is 23.2 Å². The van der Waals surface area contributed by atoms with Gasteiger partial charge in [-0.25, -0.2) is 4.31 Å². The summed E-state index contributed by atoms with van der Waals surface area (Å²) in [6.45, 7) is 0. The van der Waals surface area contributed by atoms with Crippen LogP contribution in [0.5, 0.6) is 0 Å². The van der Waals surface area contributed by atoms with Crippen LogP contribution in [-0.2, 0) is 19.9 Å². The molecule has 2 N–H and O–H groups in total. The van der Waals surface area contributed by atoms with Gasteiger partial charge in [0.15, 0.2) is 0 Å². The Morgan fingerprint density at radius 1 is 1.41 bits per heavy atom. The van der Waals surface area contributed by atoms with Gasteiger partial charge in [0, 0.05) is 0 Å². The lowest BCUT2D eigenvalue weighted by Crippen LogP contribution is -2.10. The van der Waals surface area contributed by atoms with Gasteiger partial charge >= 0.3 is 15.9 Å². The predicted octanol–water partition coefficient (Wildman–Crippen LogP) is 2.65. The van der Waals surface area contributed by atoms with Gasteiger partial charge in [0.1, 0.15) is 0 Å². The average molecular weight is 276 g/mol. The molecule has 0 aromatic heterocycles. The number of hydrogen-bond acceptors (Lipinski definition) is 3. The summed E-state index contributed by atoms with van der Waals surface area (Å²) in [6, 6.07) is 7.35. The molecule has 0 saturated heterocycles. The maximum absolute atomic E-state index is 11.9. The molecule has 3 unspecified atom stereocenters. The fourth-order valence-electron chi connectivity index (χ4n) is 2.24. The van der Waals surface area contributed by atoms with Gasteiger partial charge in [-0.05, 0) is 30.4 Å². The first-order chi connectivity index (χ1) is 8.00. The van der Waals surface area contributed by atoms with E-state index >= 15 is 0 Å². The third-order valence-corrected chi connectivity index (χ3v) is 5.94. The minimum atomic E-state index is -4.07. The van der Waals surface area contributed by atoms with Crippen LogP contribution in [0.2, 0.25) is 0 Å². The van der Waals surface area contributed by atoms with Crippen molar-refractivity contribution in [1.82, 2.24) is 0 Å². The van der Waals surface area contributed by atoms with Crippen LogP contribution in [0.4, 0.5) is 0 Å². The van der Waals surface area contributed by atoms with E-state index in [4.69, 9.17) is 4.89 Å². The van der Waals surface area contributed by atoms with Gasteiger partial charge in [-0.2, -0.15) is 0 Å². The van der Waals surface area contributed by atoms with Crippen molar-refractivity contribution in [3.8, 4) is 0 Å². The molecule has 0 saturated carbocycles. The van der Waals surface area contributed by atoms with Gasteiger partial charge in [-0.3, -0.25) is 9.13 Å². The normalized spacial score (nSPS) is 24.7. The minimum Gasteiger partial charge on any atom is -0.326 e. The maximum atomic E-state index is 11.9. The zero-order chi connectivity index (χ0) is 12.5. The number of rotatable bonds is 3. The van der Waals surface area contributed by atoms with E-state index in [-0.39, 0.29) is 0 Å². The molecule has 3 atom stereocenters. The van der Waals surface area contributed by atoms with Crippen molar-refractivity contribution in [1.29, 1.82) is 0 Å². The monoisotopic (exact) mass is 276 g/mol. The second-order valence-electron chi connectivity index (χ2n) is 4.03. The first-order valence-electron chi connectivity index (χ1n) is 5.33. The summed E-state index contributed by atoms with van der Waals surface area (Å²) in [6.07, 6.45) is 2.14. The summed E-state index contributed by atoms with van der Waals surface area (Å²) >= 11 is 0. The van der Waals surface area contributed by atoms with E-state index in [1.54, 1.807) is 12.1 Å². The molecule has 1 aliphatic rings. The van der Waals surface area contributed by atoms with Crippen LogP contribution in [0.3, 0.4) is 0 Å². The lowest BCUT2D eigenvalue weighted by molar-refractivity contribution is 0.335. The third kappa shape index (κ3) is 2.87. The SMILES string of the molecule is O=[PH](O)OP(=O)(O)C1CCCc2ccccc21. The van der Waals surface area contributed by atoms with Crippen molar-refractivity contribution in [3.63, 3.8) is 0 Å². The van der Waals surface area contributed by atoms with Gasteiger partial charge in [0.05, 0.1) is 5.66 Å². The number of benzene rings is 1. The molecule has 0 radical (unpaired) electrons. The molecule has 1 aromatic rings. The van der Waals surface area contributed by atoms with Crippen molar-refractivity contribution >= 4 is 15.9 Å². The van der Waals surface area contributed by atoms with Gasteiger partial charge < -0.3 is 9.79 Å². The highest BCUT2D eigenvalue weighted by atomic mass is 31.2. The highest BCUT2D eigenvalue weighted by Gasteiger charge is 2.37. The number of aryl methyl sites for hydroxylation is 1. The summed E-state index contributed by atoms with van der Waals surface area (Å²) in [7, 11) is -7.48. The lowest BCUT2D eigenvalue weighted by atomic mass is 9.91. The Labute approximate surface area is 99.9 Å². The van der Waals surface area contributed by atoms with Gasteiger partial charge in [0.2, 0.25) is 0 Å². The van der Waals surface area contributed by atoms with Gasteiger partial charge in [-0.1, -0.05) is 24.3 Å². The topological polar surface area (TPSA) is 83.8 Å². The molecule has 0 aliphatic heterocycles. The largest absolute Gasteiger partial charge is 0.342 e. The van der Waals surface area contributed by atoms with Crippen LogP contribution in [0, 0.1) is 0 Å². The van der Waals surface area contributed by atoms with Crippen molar-refractivity contribution in [2.45, 2.75) is 24.9 Å². The zero-order valence-electron chi connectivity index (χ0n) is 9.07. The van der Waals surface area contributed by atoms with Crippen LogP contribution >= 0.6 is 15.9 Å². The van der Waals surface area contributed by atoms with E-state index in [0.717, 1.165) is 24.0 Å². The standard InChI is InChI=1S/C10H14O5P2/c11-16(12)15-17(13,14)10-7-3-5-8-4-1-2-6-9(8)10/h1-2,4,6,10,16H,3,5,7H2,(H,11,12)(H,13,14). The minimum absolute atomic E-state index is 0.500. The molecule has 5 nitrogen and oxygen atoms in total. The van der Waals surface area contributed by atoms with E-state index < -0.39 is 21.5 Å². The molecule has 0 heterocycles. The zero-order valence-corrected chi connectivity index (χ0v) is 11.0. The van der Waals surface area contributed by atoms with Crippen LogP contribution in [0.15, 0.2) is 24.3 Å². The van der Waals surface area contributed by atoms with E-state index in [9.17, 15) is 14.0 Å². The summed E-state index contributed by atoms with van der Waals surface area (Å²) in [5, 5.41) is 0. The molecule has 1 aliphatic carbocycles. The third-order valence-electron chi connectivity index (χ3n) is 2.94. The molecule has 2 rings (SSSR count). The van der Waals surface area contributed by atoms with Gasteiger partial charge in [-0.15, -0.1) is 0 Å². The molecule has 1 aromatic carbocycles. The van der Waals surface area contributed by atoms with Crippen molar-refractivity contribution in [2.24, 2.45) is 0 Å². The Morgan fingerprint density at radius 3 is 2.82 bits per heavy atom. The quantitative estimate of drug-likeness (QED) is 0.829. The van der Waals surface area contributed by atoms with E-state index in [1.165, 1.54) is 0 Å². The summed E-state index contributed by atoms with van der Waals surface area (Å²) in [5.74, 6) is 0. The highest BCUT2D eigenvalue weighted by molar-refractivity contribution is 7.60. The lowest BCUT2D eigenvalue weighted by Gasteiger charge is -2.27. The van der Waals surface area contributed by atoms with E-state index in [0.29, 0.717) is 6.42 Å². The average Bonchev–Trinajstić information content (AvgIpc) is 2.26. The summed E-state index contributed by atoms with van der Waals surface area (Å²) in [5.41, 5.74) is 1.08. The highest BCUT2D eigenvalue weighted by Crippen LogP contribution is 2.64. The Kier molecular flexibility index (Phi) is 3.86. The summed E-state index contributed by atoms with van der Waals surface area (Å²) in [4.78, 5) is 18.4. The summed E-state index contributed by atoms with van der Waals surface area (Å²) < 4.78 is 26.9. The number of hydrogen-bond donors (Lipinski definition) is 2. The molecular weight excluding hydrogens is 262 g/mol. The first-order valence-corrected chi connectivity index (χ1v) is 8.24. The number of fused-ring (bicyclic) bond motifs is 1. The van der Waals surface area contributed by atoms with Crippen molar-refractivity contribution in [3.05, 3.63) is 35.4 Å². The first kappa shape index (κ1) is 13.0. The molecule has 7 heteroatoms. The Balaban J connectivity index is 2.35. The Bertz CT molecular complexity index is 487. The molecule has 0 bridgehead atoms. The fraction of sp³-hybridized carbons (Fsp3) is 0.400. The molecule has 0 fully saturated rings.